The zero-order valence-corrected chi connectivity index (χ0v) is 13.2. The highest BCUT2D eigenvalue weighted by Gasteiger charge is 2.06. The molecule has 0 radical (unpaired) electrons. The number of hydrogen-bond donors (Lipinski definition) is 2. The average Bonchev–Trinajstić information content (AvgIpc) is 2.93. The van der Waals surface area contributed by atoms with Gasteiger partial charge in [0.15, 0.2) is 5.82 Å². The Kier molecular flexibility index (Phi) is 5.52. The van der Waals surface area contributed by atoms with E-state index in [0.29, 0.717) is 24.7 Å². The summed E-state index contributed by atoms with van der Waals surface area (Å²) < 4.78 is 5.11. The molecule has 22 heavy (non-hydrogen) atoms. The minimum Gasteiger partial charge on any atom is -0.376 e. The first-order valence-electron chi connectivity index (χ1n) is 7.50. The van der Waals surface area contributed by atoms with Crippen LogP contribution >= 0.6 is 0 Å². The molecule has 0 aliphatic carbocycles. The normalized spacial score (nSPS) is 10.7. The second-order valence-corrected chi connectivity index (χ2v) is 5.41. The minimum atomic E-state index is 0.0358. The fourth-order valence-corrected chi connectivity index (χ4v) is 1.98. The van der Waals surface area contributed by atoms with Gasteiger partial charge >= 0.3 is 0 Å². The van der Waals surface area contributed by atoms with E-state index < -0.39 is 0 Å². The molecule has 0 spiro atoms. The molecule has 0 aliphatic heterocycles. The molecule has 1 aromatic carbocycles. The van der Waals surface area contributed by atoms with E-state index in [0.717, 1.165) is 17.7 Å². The number of nitrogens with one attached hydrogen (secondary N) is 2. The molecule has 2 rings (SSSR count). The summed E-state index contributed by atoms with van der Waals surface area (Å²) in [6.07, 6.45) is 1.15. The van der Waals surface area contributed by atoms with Crippen LogP contribution in [0, 0.1) is 0 Å². The number of aryl methyl sites for hydroxylation is 1. The number of carbonyl (C=O) groups excluding carboxylic acids is 1. The summed E-state index contributed by atoms with van der Waals surface area (Å²) in [6.45, 7) is 6.37. The van der Waals surface area contributed by atoms with Crippen molar-refractivity contribution < 1.29 is 9.32 Å². The fraction of sp³-hybridized carbons (Fsp3) is 0.438. The molecule has 1 heterocycles. The molecule has 0 bridgehead atoms. The van der Waals surface area contributed by atoms with Gasteiger partial charge in [0.05, 0.1) is 13.0 Å². The number of rotatable bonds is 7. The lowest BCUT2D eigenvalue weighted by Crippen LogP contribution is -2.31. The molecule has 0 saturated heterocycles. The van der Waals surface area contributed by atoms with Gasteiger partial charge in [0.25, 0.3) is 0 Å². The predicted octanol–water partition coefficient (Wildman–Crippen LogP) is 2.31. The maximum Gasteiger partial charge on any atom is 0.245 e. The molecule has 118 valence electrons. The quantitative estimate of drug-likeness (QED) is 0.820. The van der Waals surface area contributed by atoms with Crippen LogP contribution in [0.4, 0.5) is 5.69 Å². The number of carbonyl (C=O) groups is 1. The summed E-state index contributed by atoms with van der Waals surface area (Å²) in [5.74, 6) is 1.31. The Morgan fingerprint density at radius 2 is 2.00 bits per heavy atom. The molecule has 1 amide bonds. The highest BCUT2D eigenvalue weighted by atomic mass is 16.5. The maximum absolute atomic E-state index is 11.7. The van der Waals surface area contributed by atoms with Gasteiger partial charge < -0.3 is 15.2 Å². The molecule has 2 aromatic rings. The van der Waals surface area contributed by atoms with Gasteiger partial charge in [-0.1, -0.05) is 24.2 Å². The minimum absolute atomic E-state index is 0.0358. The highest BCUT2D eigenvalue weighted by molar-refractivity contribution is 5.78. The van der Waals surface area contributed by atoms with E-state index in [2.05, 4.69) is 20.8 Å². The summed E-state index contributed by atoms with van der Waals surface area (Å²) in [7, 11) is 0. The lowest BCUT2D eigenvalue weighted by atomic mass is 10.1. The zero-order chi connectivity index (χ0) is 15.9. The van der Waals surface area contributed by atoms with E-state index in [1.54, 1.807) is 0 Å². The lowest BCUT2D eigenvalue weighted by Gasteiger charge is -2.09. The van der Waals surface area contributed by atoms with Crippen molar-refractivity contribution in [3.05, 3.63) is 41.5 Å². The van der Waals surface area contributed by atoms with Crippen LogP contribution in [0.5, 0.6) is 0 Å². The first-order chi connectivity index (χ1) is 10.6. The molecule has 0 unspecified atom stereocenters. The predicted molar refractivity (Wildman–Crippen MR) is 84.4 cm³/mol. The Labute approximate surface area is 130 Å². The van der Waals surface area contributed by atoms with E-state index in [1.807, 2.05) is 45.0 Å². The molecule has 6 heteroatoms. The summed E-state index contributed by atoms with van der Waals surface area (Å²) in [4.78, 5) is 15.9. The van der Waals surface area contributed by atoms with Crippen LogP contribution in [0.2, 0.25) is 0 Å². The van der Waals surface area contributed by atoms with E-state index in [1.165, 1.54) is 0 Å². The van der Waals surface area contributed by atoms with Crippen LogP contribution in [0.3, 0.4) is 0 Å². The van der Waals surface area contributed by atoms with Gasteiger partial charge in [-0.2, -0.15) is 4.98 Å². The van der Waals surface area contributed by atoms with Crippen molar-refractivity contribution in [1.82, 2.24) is 15.5 Å². The van der Waals surface area contributed by atoms with Crippen LogP contribution in [-0.2, 0) is 24.2 Å². The number of nitrogens with zero attached hydrogens (tertiary/aromatic N) is 2. The Morgan fingerprint density at radius 3 is 2.59 bits per heavy atom. The van der Waals surface area contributed by atoms with Crippen molar-refractivity contribution in [3.8, 4) is 0 Å². The topological polar surface area (TPSA) is 80.0 Å². The number of anilines is 1. The second-order valence-electron chi connectivity index (χ2n) is 5.41. The molecular formula is C16H22N4O2. The maximum atomic E-state index is 11.7. The average molecular weight is 302 g/mol. The van der Waals surface area contributed by atoms with Crippen molar-refractivity contribution in [3.63, 3.8) is 0 Å². The standard InChI is InChI=1S/C16H22N4O2/c1-4-14-19-16(22-20-14)10-17-13-7-5-12(6-8-13)9-15(21)18-11(2)3/h5-8,11,17H,4,9-10H2,1-3H3,(H,18,21). The van der Waals surface area contributed by atoms with Gasteiger partial charge in [-0.15, -0.1) is 0 Å². The van der Waals surface area contributed by atoms with E-state index >= 15 is 0 Å². The molecule has 1 aromatic heterocycles. The lowest BCUT2D eigenvalue weighted by molar-refractivity contribution is -0.120. The zero-order valence-electron chi connectivity index (χ0n) is 13.2. The van der Waals surface area contributed by atoms with Crippen molar-refractivity contribution >= 4 is 11.6 Å². The monoisotopic (exact) mass is 302 g/mol. The summed E-state index contributed by atoms with van der Waals surface area (Å²) in [5.41, 5.74) is 1.93. The van der Waals surface area contributed by atoms with Crippen molar-refractivity contribution in [2.75, 3.05) is 5.32 Å². The Balaban J connectivity index is 1.85. The first-order valence-corrected chi connectivity index (χ1v) is 7.50. The third-order valence-electron chi connectivity index (χ3n) is 3.04. The van der Waals surface area contributed by atoms with Crippen LogP contribution in [0.15, 0.2) is 28.8 Å². The van der Waals surface area contributed by atoms with Gasteiger partial charge in [0.2, 0.25) is 11.8 Å². The van der Waals surface area contributed by atoms with Gasteiger partial charge in [-0.05, 0) is 31.5 Å². The number of aromatic nitrogens is 2. The molecule has 0 atom stereocenters. The third kappa shape index (κ3) is 4.87. The molecule has 6 nitrogen and oxygen atoms in total. The van der Waals surface area contributed by atoms with Gasteiger partial charge in [-0.3, -0.25) is 4.79 Å². The van der Waals surface area contributed by atoms with Gasteiger partial charge in [0, 0.05) is 18.2 Å². The third-order valence-corrected chi connectivity index (χ3v) is 3.04. The number of hydrogen-bond acceptors (Lipinski definition) is 5. The van der Waals surface area contributed by atoms with Crippen LogP contribution in [0.25, 0.3) is 0 Å². The molecule has 2 N–H and O–H groups in total. The van der Waals surface area contributed by atoms with E-state index in [-0.39, 0.29) is 11.9 Å². The van der Waals surface area contributed by atoms with Crippen molar-refractivity contribution in [2.24, 2.45) is 0 Å². The molecule has 0 fully saturated rings. The molecule has 0 aliphatic rings. The SMILES string of the molecule is CCc1noc(CNc2ccc(CC(=O)NC(C)C)cc2)n1. The molecular weight excluding hydrogens is 280 g/mol. The largest absolute Gasteiger partial charge is 0.376 e. The van der Waals surface area contributed by atoms with Gasteiger partial charge in [-0.25, -0.2) is 0 Å². The molecule has 0 saturated carbocycles. The summed E-state index contributed by atoms with van der Waals surface area (Å²) in [6, 6.07) is 7.92. The van der Waals surface area contributed by atoms with Crippen LogP contribution < -0.4 is 10.6 Å². The number of amides is 1. The van der Waals surface area contributed by atoms with Gasteiger partial charge in [0.1, 0.15) is 0 Å². The smallest absolute Gasteiger partial charge is 0.245 e. The second kappa shape index (κ2) is 7.59. The van der Waals surface area contributed by atoms with Crippen molar-refractivity contribution in [2.45, 2.75) is 46.2 Å². The summed E-state index contributed by atoms with van der Waals surface area (Å²) in [5, 5.41) is 9.94. The fourth-order valence-electron chi connectivity index (χ4n) is 1.98. The highest BCUT2D eigenvalue weighted by Crippen LogP contribution is 2.11. The van der Waals surface area contributed by atoms with Crippen LogP contribution in [-0.4, -0.2) is 22.1 Å². The summed E-state index contributed by atoms with van der Waals surface area (Å²) >= 11 is 0. The Morgan fingerprint density at radius 1 is 1.27 bits per heavy atom. The number of benzene rings is 1. The van der Waals surface area contributed by atoms with Crippen molar-refractivity contribution in [1.29, 1.82) is 0 Å². The van der Waals surface area contributed by atoms with E-state index in [9.17, 15) is 4.79 Å². The van der Waals surface area contributed by atoms with Crippen LogP contribution in [0.1, 0.15) is 38.0 Å². The van der Waals surface area contributed by atoms with E-state index in [4.69, 9.17) is 4.52 Å². The Bertz CT molecular complexity index is 605. The first kappa shape index (κ1) is 16.0. The Hall–Kier alpha value is -2.37.